The van der Waals surface area contributed by atoms with E-state index in [9.17, 15) is 10.2 Å². The number of phenols is 2. The Morgan fingerprint density at radius 3 is 1.95 bits per heavy atom. The van der Waals surface area contributed by atoms with Gasteiger partial charge in [0.15, 0.2) is 11.5 Å². The molecule has 0 unspecified atom stereocenters. The van der Waals surface area contributed by atoms with Gasteiger partial charge in [0.2, 0.25) is 0 Å². The molecule has 3 rings (SSSR count). The van der Waals surface area contributed by atoms with E-state index in [1.165, 1.54) is 13.2 Å². The third kappa shape index (κ3) is 2.61. The van der Waals surface area contributed by atoms with Gasteiger partial charge in [-0.25, -0.2) is 0 Å². The van der Waals surface area contributed by atoms with E-state index >= 15 is 0 Å². The van der Waals surface area contributed by atoms with E-state index in [-0.39, 0.29) is 11.5 Å². The molecule has 0 aromatic heterocycles. The zero-order valence-electron chi connectivity index (χ0n) is 12.2. The van der Waals surface area contributed by atoms with Gasteiger partial charge in [-0.05, 0) is 22.8 Å². The van der Waals surface area contributed by atoms with Crippen LogP contribution in [0.5, 0.6) is 17.2 Å². The number of hydrogen-bond donors (Lipinski definition) is 2. The molecule has 3 aromatic carbocycles. The third-order valence-corrected chi connectivity index (χ3v) is 3.60. The van der Waals surface area contributed by atoms with Crippen LogP contribution in [0.25, 0.3) is 22.3 Å². The number of benzene rings is 3. The fraction of sp³-hybridized carbons (Fsp3) is 0.0526. The molecule has 0 heterocycles. The average molecular weight is 292 g/mol. The van der Waals surface area contributed by atoms with Crippen molar-refractivity contribution in [2.24, 2.45) is 0 Å². The summed E-state index contributed by atoms with van der Waals surface area (Å²) in [5.74, 6) is 0.159. The van der Waals surface area contributed by atoms with Crippen molar-refractivity contribution >= 4 is 0 Å². The van der Waals surface area contributed by atoms with Gasteiger partial charge in [0.1, 0.15) is 5.75 Å². The second-order valence-electron chi connectivity index (χ2n) is 4.99. The SMILES string of the molecule is COc1cc(O)c(O)c(-c2ccc(-c3ccccc3)cc2)c1. The van der Waals surface area contributed by atoms with E-state index < -0.39 is 0 Å². The van der Waals surface area contributed by atoms with Crippen molar-refractivity contribution in [3.8, 4) is 39.5 Å². The quantitative estimate of drug-likeness (QED) is 0.702. The lowest BCUT2D eigenvalue weighted by Crippen LogP contribution is -1.86. The van der Waals surface area contributed by atoms with E-state index in [4.69, 9.17) is 4.74 Å². The Hall–Kier alpha value is -2.94. The van der Waals surface area contributed by atoms with Crippen LogP contribution in [0.2, 0.25) is 0 Å². The number of hydrogen-bond acceptors (Lipinski definition) is 3. The molecule has 0 bridgehead atoms. The van der Waals surface area contributed by atoms with E-state index in [0.717, 1.165) is 16.7 Å². The van der Waals surface area contributed by atoms with Gasteiger partial charge >= 0.3 is 0 Å². The lowest BCUT2D eigenvalue weighted by Gasteiger charge is -2.10. The van der Waals surface area contributed by atoms with Crippen LogP contribution >= 0.6 is 0 Å². The van der Waals surface area contributed by atoms with Crippen LogP contribution < -0.4 is 4.74 Å². The molecular weight excluding hydrogens is 276 g/mol. The van der Waals surface area contributed by atoms with Gasteiger partial charge < -0.3 is 14.9 Å². The second kappa shape index (κ2) is 5.82. The number of ether oxygens (including phenoxy) is 1. The summed E-state index contributed by atoms with van der Waals surface area (Å²) in [4.78, 5) is 0. The van der Waals surface area contributed by atoms with Crippen LogP contribution in [0.1, 0.15) is 0 Å². The molecule has 0 aliphatic heterocycles. The van der Waals surface area contributed by atoms with E-state index in [1.807, 2.05) is 54.6 Å². The van der Waals surface area contributed by atoms with Crippen molar-refractivity contribution < 1.29 is 14.9 Å². The predicted octanol–water partition coefficient (Wildman–Crippen LogP) is 4.44. The molecule has 0 radical (unpaired) electrons. The molecule has 0 atom stereocenters. The lowest BCUT2D eigenvalue weighted by molar-refractivity contribution is 0.387. The molecule has 0 amide bonds. The van der Waals surface area contributed by atoms with Gasteiger partial charge in [0, 0.05) is 11.6 Å². The van der Waals surface area contributed by atoms with Gasteiger partial charge in [0.25, 0.3) is 0 Å². The standard InChI is InChI=1S/C19H16O3/c1-22-16-11-17(19(21)18(20)12-16)15-9-7-14(8-10-15)13-5-3-2-4-6-13/h2-12,20-21H,1H3. The van der Waals surface area contributed by atoms with Crippen molar-refractivity contribution in [1.82, 2.24) is 0 Å². The van der Waals surface area contributed by atoms with Gasteiger partial charge in [-0.1, -0.05) is 54.6 Å². The average Bonchev–Trinajstić information content (AvgIpc) is 2.58. The summed E-state index contributed by atoms with van der Waals surface area (Å²) in [6.45, 7) is 0. The Morgan fingerprint density at radius 2 is 1.32 bits per heavy atom. The van der Waals surface area contributed by atoms with Crippen LogP contribution in [-0.4, -0.2) is 17.3 Å². The Balaban J connectivity index is 2.02. The van der Waals surface area contributed by atoms with Crippen molar-refractivity contribution in [2.75, 3.05) is 7.11 Å². The molecule has 0 saturated heterocycles. The van der Waals surface area contributed by atoms with Gasteiger partial charge in [-0.3, -0.25) is 0 Å². The Labute approximate surface area is 129 Å². The molecule has 3 aromatic rings. The summed E-state index contributed by atoms with van der Waals surface area (Å²) in [7, 11) is 1.52. The molecule has 3 heteroatoms. The van der Waals surface area contributed by atoms with Crippen LogP contribution in [0, 0.1) is 0 Å². The summed E-state index contributed by atoms with van der Waals surface area (Å²) >= 11 is 0. The maximum Gasteiger partial charge on any atom is 0.165 e. The van der Waals surface area contributed by atoms with Crippen LogP contribution in [-0.2, 0) is 0 Å². The maximum absolute atomic E-state index is 10.1. The fourth-order valence-corrected chi connectivity index (χ4v) is 2.40. The topological polar surface area (TPSA) is 49.7 Å². The lowest BCUT2D eigenvalue weighted by atomic mass is 9.99. The number of aromatic hydroxyl groups is 2. The first-order valence-electron chi connectivity index (χ1n) is 6.95. The summed E-state index contributed by atoms with van der Waals surface area (Å²) in [5.41, 5.74) is 3.57. The first-order valence-corrected chi connectivity index (χ1v) is 6.95. The molecule has 0 fully saturated rings. The normalized spacial score (nSPS) is 10.4. The molecule has 110 valence electrons. The largest absolute Gasteiger partial charge is 0.504 e. The molecular formula is C19H16O3. The highest BCUT2D eigenvalue weighted by Gasteiger charge is 2.11. The van der Waals surface area contributed by atoms with Gasteiger partial charge in [-0.15, -0.1) is 0 Å². The predicted molar refractivity (Wildman–Crippen MR) is 87.2 cm³/mol. The summed E-state index contributed by atoms with van der Waals surface area (Å²) in [6.07, 6.45) is 0. The molecule has 0 spiro atoms. The van der Waals surface area contributed by atoms with Crippen LogP contribution in [0.4, 0.5) is 0 Å². The smallest absolute Gasteiger partial charge is 0.165 e. The van der Waals surface area contributed by atoms with Crippen molar-refractivity contribution in [3.63, 3.8) is 0 Å². The van der Waals surface area contributed by atoms with Gasteiger partial charge in [-0.2, -0.15) is 0 Å². The minimum absolute atomic E-state index is 0.145. The molecule has 3 nitrogen and oxygen atoms in total. The second-order valence-corrected chi connectivity index (χ2v) is 4.99. The van der Waals surface area contributed by atoms with Crippen LogP contribution in [0.15, 0.2) is 66.7 Å². The number of rotatable bonds is 3. The Kier molecular flexibility index (Phi) is 3.71. The molecule has 0 aliphatic rings. The number of phenolic OH excluding ortho intramolecular Hbond substituents is 2. The first kappa shape index (κ1) is 14.0. The molecule has 0 aliphatic carbocycles. The highest BCUT2D eigenvalue weighted by Crippen LogP contribution is 2.40. The minimum Gasteiger partial charge on any atom is -0.504 e. The highest BCUT2D eigenvalue weighted by atomic mass is 16.5. The Morgan fingerprint density at radius 1 is 0.727 bits per heavy atom. The molecule has 2 N–H and O–H groups in total. The van der Waals surface area contributed by atoms with Crippen molar-refractivity contribution in [3.05, 3.63) is 66.7 Å². The Bertz CT molecular complexity index is 778. The van der Waals surface area contributed by atoms with Crippen molar-refractivity contribution in [1.29, 1.82) is 0 Å². The summed E-state index contributed by atoms with van der Waals surface area (Å²) < 4.78 is 5.13. The van der Waals surface area contributed by atoms with Crippen LogP contribution in [0.3, 0.4) is 0 Å². The van der Waals surface area contributed by atoms with E-state index in [1.54, 1.807) is 6.07 Å². The summed E-state index contributed by atoms with van der Waals surface area (Å²) in [5, 5.41) is 19.8. The van der Waals surface area contributed by atoms with Crippen molar-refractivity contribution in [2.45, 2.75) is 0 Å². The maximum atomic E-state index is 10.1. The molecule has 0 saturated carbocycles. The minimum atomic E-state index is -0.193. The summed E-state index contributed by atoms with van der Waals surface area (Å²) in [6, 6.07) is 20.9. The zero-order chi connectivity index (χ0) is 15.5. The molecule has 22 heavy (non-hydrogen) atoms. The highest BCUT2D eigenvalue weighted by molar-refractivity contribution is 5.77. The number of methoxy groups -OCH3 is 1. The van der Waals surface area contributed by atoms with E-state index in [0.29, 0.717) is 11.3 Å². The zero-order valence-corrected chi connectivity index (χ0v) is 12.2. The monoisotopic (exact) mass is 292 g/mol. The van der Waals surface area contributed by atoms with E-state index in [2.05, 4.69) is 0 Å². The first-order chi connectivity index (χ1) is 10.7. The van der Waals surface area contributed by atoms with Gasteiger partial charge in [0.05, 0.1) is 7.11 Å². The third-order valence-electron chi connectivity index (χ3n) is 3.60. The fourth-order valence-electron chi connectivity index (χ4n) is 2.40.